The third-order valence-electron chi connectivity index (χ3n) is 4.11. The molecule has 27 heavy (non-hydrogen) atoms. The molecule has 1 heterocycles. The Balaban J connectivity index is 0.00000364. The first-order chi connectivity index (χ1) is 12.4. The summed E-state index contributed by atoms with van der Waals surface area (Å²) in [5, 5.41) is 7.81. The largest absolute Gasteiger partial charge is 0.357 e. The lowest BCUT2D eigenvalue weighted by Crippen LogP contribution is -2.40. The van der Waals surface area contributed by atoms with Crippen molar-refractivity contribution in [1.82, 2.24) is 15.2 Å². The second kappa shape index (κ2) is 11.7. The van der Waals surface area contributed by atoms with Gasteiger partial charge in [-0.25, -0.2) is 0 Å². The van der Waals surface area contributed by atoms with Gasteiger partial charge in [-0.1, -0.05) is 18.2 Å². The van der Waals surface area contributed by atoms with Gasteiger partial charge in [0, 0.05) is 59.2 Å². The third kappa shape index (κ3) is 7.81. The Bertz CT molecular complexity index is 752. The minimum atomic E-state index is -0.847. The summed E-state index contributed by atoms with van der Waals surface area (Å²) in [4.78, 5) is 4.63. The Morgan fingerprint density at radius 3 is 2.63 bits per heavy atom. The maximum absolute atomic E-state index is 12.1. The molecule has 2 N–H and O–H groups in total. The minimum absolute atomic E-state index is 0. The number of aliphatic imine (C=N–C) groups is 1. The van der Waals surface area contributed by atoms with Gasteiger partial charge in [0.05, 0.1) is 0 Å². The average Bonchev–Trinajstić information content (AvgIpc) is 3.01. The molecule has 0 amide bonds. The molecule has 0 spiro atoms. The Labute approximate surface area is 182 Å². The molecule has 0 saturated carbocycles. The highest BCUT2D eigenvalue weighted by atomic mass is 127. The summed E-state index contributed by atoms with van der Waals surface area (Å²) in [6.07, 6.45) is 3.11. The second-order valence-electron chi connectivity index (χ2n) is 7.27. The van der Waals surface area contributed by atoms with Crippen molar-refractivity contribution in [3.8, 4) is 0 Å². The Kier molecular flexibility index (Phi) is 10.4. The highest BCUT2D eigenvalue weighted by Gasteiger charge is 2.18. The standard InChI is InChI=1S/C20H32N4OS.HI/c1-5-21-19(23-13-16-26(25)20(2,3)4)22-12-8-14-24-15-11-17-9-6-7-10-18(17)24;/h6-7,9-11,15H,5,8,12-14,16H2,1-4H3,(H2,21,22,23);1H. The van der Waals surface area contributed by atoms with E-state index in [0.717, 1.165) is 32.0 Å². The molecule has 1 aromatic heterocycles. The van der Waals surface area contributed by atoms with Crippen molar-refractivity contribution in [1.29, 1.82) is 0 Å². The molecule has 0 aliphatic heterocycles. The number of fused-ring (bicyclic) bond motifs is 1. The molecule has 1 aromatic carbocycles. The zero-order valence-electron chi connectivity index (χ0n) is 16.8. The van der Waals surface area contributed by atoms with Gasteiger partial charge >= 0.3 is 0 Å². The normalized spacial score (nSPS) is 13.3. The molecule has 2 aromatic rings. The van der Waals surface area contributed by atoms with Gasteiger partial charge in [-0.15, -0.1) is 24.0 Å². The summed E-state index contributed by atoms with van der Waals surface area (Å²) in [6, 6.07) is 10.6. The van der Waals surface area contributed by atoms with Crippen LogP contribution in [0.1, 0.15) is 34.1 Å². The number of nitrogens with one attached hydrogen (secondary N) is 2. The van der Waals surface area contributed by atoms with E-state index in [9.17, 15) is 4.21 Å². The number of hydrogen-bond donors (Lipinski definition) is 2. The van der Waals surface area contributed by atoms with Crippen molar-refractivity contribution in [3.05, 3.63) is 36.5 Å². The molecular formula is C20H33IN4OS. The minimum Gasteiger partial charge on any atom is -0.357 e. The van der Waals surface area contributed by atoms with Crippen LogP contribution in [-0.2, 0) is 17.3 Å². The second-order valence-corrected chi connectivity index (χ2v) is 9.59. The van der Waals surface area contributed by atoms with E-state index in [-0.39, 0.29) is 28.7 Å². The maximum atomic E-state index is 12.1. The zero-order chi connectivity index (χ0) is 19.0. The van der Waals surface area contributed by atoms with E-state index >= 15 is 0 Å². The molecule has 1 atom stereocenters. The topological polar surface area (TPSA) is 58.4 Å². The fourth-order valence-corrected chi connectivity index (χ4v) is 3.58. The summed E-state index contributed by atoms with van der Waals surface area (Å²) >= 11 is 0. The van der Waals surface area contributed by atoms with Crippen molar-refractivity contribution in [2.75, 3.05) is 25.4 Å². The van der Waals surface area contributed by atoms with Gasteiger partial charge in [-0.05, 0) is 51.6 Å². The summed E-state index contributed by atoms with van der Waals surface area (Å²) in [5.41, 5.74) is 1.27. The Morgan fingerprint density at radius 2 is 1.93 bits per heavy atom. The van der Waals surface area contributed by atoms with E-state index in [2.05, 4.69) is 63.6 Å². The number of guanidine groups is 1. The molecule has 0 aliphatic carbocycles. The third-order valence-corrected chi connectivity index (χ3v) is 6.06. The molecule has 0 saturated heterocycles. The predicted molar refractivity (Wildman–Crippen MR) is 129 cm³/mol. The van der Waals surface area contributed by atoms with Crippen molar-refractivity contribution in [3.63, 3.8) is 0 Å². The number of para-hydroxylation sites is 1. The van der Waals surface area contributed by atoms with E-state index in [1.807, 2.05) is 20.8 Å². The molecule has 5 nitrogen and oxygen atoms in total. The zero-order valence-corrected chi connectivity index (χ0v) is 20.0. The maximum Gasteiger partial charge on any atom is 0.191 e. The van der Waals surface area contributed by atoms with Gasteiger partial charge in [-0.3, -0.25) is 9.20 Å². The lowest BCUT2D eigenvalue weighted by molar-refractivity contribution is 0.646. The first-order valence-electron chi connectivity index (χ1n) is 9.36. The first kappa shape index (κ1) is 23.9. The van der Waals surface area contributed by atoms with Crippen LogP contribution in [0.4, 0.5) is 0 Å². The van der Waals surface area contributed by atoms with Gasteiger partial charge in [0.1, 0.15) is 0 Å². The van der Waals surface area contributed by atoms with E-state index in [1.54, 1.807) is 0 Å². The monoisotopic (exact) mass is 504 g/mol. The molecule has 1 unspecified atom stereocenters. The molecule has 2 rings (SSSR count). The molecule has 0 fully saturated rings. The molecular weight excluding hydrogens is 471 g/mol. The highest BCUT2D eigenvalue weighted by Crippen LogP contribution is 2.15. The van der Waals surface area contributed by atoms with Crippen molar-refractivity contribution >= 4 is 51.6 Å². The van der Waals surface area contributed by atoms with Crippen LogP contribution in [0.2, 0.25) is 0 Å². The lowest BCUT2D eigenvalue weighted by Gasteiger charge is -2.18. The van der Waals surface area contributed by atoms with E-state index in [1.165, 1.54) is 10.9 Å². The van der Waals surface area contributed by atoms with Gasteiger partial charge in [0.2, 0.25) is 0 Å². The molecule has 0 radical (unpaired) electrons. The molecule has 0 aliphatic rings. The fourth-order valence-electron chi connectivity index (χ4n) is 2.68. The molecule has 0 bridgehead atoms. The van der Waals surface area contributed by atoms with Crippen LogP contribution in [0.15, 0.2) is 41.5 Å². The summed E-state index contributed by atoms with van der Waals surface area (Å²) < 4.78 is 14.2. The van der Waals surface area contributed by atoms with E-state index < -0.39 is 10.8 Å². The fraction of sp³-hybridized carbons (Fsp3) is 0.550. The highest BCUT2D eigenvalue weighted by molar-refractivity contribution is 14.0. The van der Waals surface area contributed by atoms with Gasteiger partial charge in [0.15, 0.2) is 5.96 Å². The predicted octanol–water partition coefficient (Wildman–Crippen LogP) is 3.75. The number of aromatic nitrogens is 1. The van der Waals surface area contributed by atoms with E-state index in [4.69, 9.17) is 0 Å². The van der Waals surface area contributed by atoms with Crippen molar-refractivity contribution < 1.29 is 4.21 Å². The number of benzene rings is 1. The van der Waals surface area contributed by atoms with E-state index in [0.29, 0.717) is 12.3 Å². The Morgan fingerprint density at radius 1 is 1.19 bits per heavy atom. The summed E-state index contributed by atoms with van der Waals surface area (Å²) in [6.45, 7) is 11.3. The smallest absolute Gasteiger partial charge is 0.191 e. The van der Waals surface area contributed by atoms with Crippen LogP contribution in [0.3, 0.4) is 0 Å². The number of aryl methyl sites for hydroxylation is 1. The van der Waals surface area contributed by atoms with Crippen LogP contribution in [0.5, 0.6) is 0 Å². The van der Waals surface area contributed by atoms with Gasteiger partial charge in [-0.2, -0.15) is 0 Å². The quantitative estimate of drug-likeness (QED) is 0.249. The van der Waals surface area contributed by atoms with Crippen LogP contribution < -0.4 is 10.6 Å². The van der Waals surface area contributed by atoms with Crippen LogP contribution >= 0.6 is 24.0 Å². The van der Waals surface area contributed by atoms with Crippen LogP contribution in [-0.4, -0.2) is 44.9 Å². The number of halogens is 1. The first-order valence-corrected chi connectivity index (χ1v) is 10.7. The lowest BCUT2D eigenvalue weighted by atomic mass is 10.2. The van der Waals surface area contributed by atoms with Crippen molar-refractivity contribution in [2.45, 2.75) is 45.4 Å². The van der Waals surface area contributed by atoms with Crippen molar-refractivity contribution in [2.24, 2.45) is 4.99 Å². The van der Waals surface area contributed by atoms with Crippen LogP contribution in [0, 0.1) is 0 Å². The molecule has 7 heteroatoms. The number of hydrogen-bond acceptors (Lipinski definition) is 2. The summed E-state index contributed by atoms with van der Waals surface area (Å²) in [7, 11) is -0.847. The number of rotatable bonds is 8. The van der Waals surface area contributed by atoms with Gasteiger partial charge < -0.3 is 15.2 Å². The summed E-state index contributed by atoms with van der Waals surface area (Å²) in [5.74, 6) is 1.43. The Hall–Kier alpha value is -1.09. The van der Waals surface area contributed by atoms with Crippen LogP contribution in [0.25, 0.3) is 10.9 Å². The molecule has 152 valence electrons. The number of nitrogens with zero attached hydrogens (tertiary/aromatic N) is 2. The van der Waals surface area contributed by atoms with Gasteiger partial charge in [0.25, 0.3) is 0 Å². The average molecular weight is 504 g/mol. The SMILES string of the molecule is CCNC(=NCCCn1ccc2ccccc21)NCCS(=O)C(C)(C)C.I.